The van der Waals surface area contributed by atoms with Crippen molar-refractivity contribution in [1.29, 1.82) is 0 Å². The van der Waals surface area contributed by atoms with Crippen LogP contribution >= 0.6 is 0 Å². The van der Waals surface area contributed by atoms with Crippen LogP contribution in [0, 0.1) is 12.8 Å². The predicted octanol–water partition coefficient (Wildman–Crippen LogP) is 1.67. The third-order valence-electron chi connectivity index (χ3n) is 4.73. The van der Waals surface area contributed by atoms with Crippen LogP contribution in [0.3, 0.4) is 0 Å². The molecule has 1 N–H and O–H groups in total. The average Bonchev–Trinajstić information content (AvgIpc) is 2.64. The van der Waals surface area contributed by atoms with E-state index < -0.39 is 0 Å². The van der Waals surface area contributed by atoms with Crippen molar-refractivity contribution in [3.05, 3.63) is 36.3 Å². The molecule has 2 aliphatic rings. The van der Waals surface area contributed by atoms with E-state index in [-0.39, 0.29) is 12.1 Å². The first-order valence-corrected chi connectivity index (χ1v) is 8.50. The monoisotopic (exact) mass is 326 g/mol. The average molecular weight is 326 g/mol. The number of piperidine rings is 1. The molecule has 2 saturated heterocycles. The summed E-state index contributed by atoms with van der Waals surface area (Å²) in [6, 6.07) is 5.93. The zero-order valence-electron chi connectivity index (χ0n) is 13.8. The van der Waals surface area contributed by atoms with Crippen molar-refractivity contribution in [2.24, 2.45) is 5.92 Å². The number of aromatic nitrogens is 4. The highest BCUT2D eigenvalue weighted by molar-refractivity contribution is 5.39. The van der Waals surface area contributed by atoms with Gasteiger partial charge in [-0.25, -0.2) is 9.97 Å². The summed E-state index contributed by atoms with van der Waals surface area (Å²) in [5.74, 6) is 2.05. The number of fused-ring (bicyclic) bond motifs is 1. The summed E-state index contributed by atoms with van der Waals surface area (Å²) < 4.78 is 6.10. The molecular weight excluding hydrogens is 304 g/mol. The summed E-state index contributed by atoms with van der Waals surface area (Å²) in [6.07, 6.45) is 6.06. The van der Waals surface area contributed by atoms with Gasteiger partial charge in [-0.2, -0.15) is 5.10 Å². The van der Waals surface area contributed by atoms with Crippen LogP contribution in [0.1, 0.15) is 18.5 Å². The number of ether oxygens (including phenoxy) is 1. The lowest BCUT2D eigenvalue weighted by Crippen LogP contribution is -2.58. The summed E-state index contributed by atoms with van der Waals surface area (Å²) in [7, 11) is 0. The van der Waals surface area contributed by atoms with Gasteiger partial charge in [0.05, 0.1) is 17.8 Å². The van der Waals surface area contributed by atoms with Crippen LogP contribution in [0.25, 0.3) is 0 Å². The maximum absolute atomic E-state index is 6.10. The maximum Gasteiger partial charge on any atom is 0.225 e. The first kappa shape index (κ1) is 15.3. The molecule has 0 saturated carbocycles. The van der Waals surface area contributed by atoms with Gasteiger partial charge in [-0.3, -0.25) is 0 Å². The molecule has 7 nitrogen and oxygen atoms in total. The highest BCUT2D eigenvalue weighted by Crippen LogP contribution is 2.31. The molecule has 2 aromatic rings. The molecule has 0 spiro atoms. The Balaban J connectivity index is 1.56. The summed E-state index contributed by atoms with van der Waals surface area (Å²) in [5.41, 5.74) is 0.912. The van der Waals surface area contributed by atoms with Crippen LogP contribution in [0.2, 0.25) is 0 Å². The fraction of sp³-hybridized carbons (Fsp3) is 0.529. The lowest BCUT2D eigenvalue weighted by Gasteiger charge is -2.46. The van der Waals surface area contributed by atoms with Crippen molar-refractivity contribution < 1.29 is 4.74 Å². The molecule has 2 aromatic heterocycles. The van der Waals surface area contributed by atoms with E-state index in [1.54, 1.807) is 12.4 Å². The SMILES string of the molecule is Cc1ccc(N[C@@H]2CN(c3ncccn3)C[C@@H]3CCCO[C@@H]32)nn1. The first-order valence-electron chi connectivity index (χ1n) is 8.50. The Labute approximate surface area is 141 Å². The van der Waals surface area contributed by atoms with Crippen LogP contribution in [-0.2, 0) is 4.74 Å². The third kappa shape index (κ3) is 3.17. The Bertz CT molecular complexity index is 665. The molecular formula is C17H22N6O. The molecule has 0 aliphatic carbocycles. The minimum absolute atomic E-state index is 0.143. The molecule has 0 amide bonds. The topological polar surface area (TPSA) is 76.1 Å². The third-order valence-corrected chi connectivity index (χ3v) is 4.73. The van der Waals surface area contributed by atoms with Crippen LogP contribution in [0.4, 0.5) is 11.8 Å². The summed E-state index contributed by atoms with van der Waals surface area (Å²) in [6.45, 7) is 4.50. The van der Waals surface area contributed by atoms with E-state index in [0.717, 1.165) is 43.6 Å². The van der Waals surface area contributed by atoms with E-state index in [9.17, 15) is 0 Å². The summed E-state index contributed by atoms with van der Waals surface area (Å²) in [4.78, 5) is 11.1. The number of hydrogen-bond donors (Lipinski definition) is 1. The standard InChI is InChI=1S/C17H22N6O/c1-12-5-6-15(22-21-12)20-14-11-23(17-18-7-3-8-19-17)10-13-4-2-9-24-16(13)14/h3,5-8,13-14,16H,2,4,9-11H2,1H3,(H,20,22)/t13-,14+,16-/m0/s1. The number of nitrogens with one attached hydrogen (secondary N) is 1. The molecule has 24 heavy (non-hydrogen) atoms. The molecule has 0 unspecified atom stereocenters. The number of aryl methyl sites for hydroxylation is 1. The van der Waals surface area contributed by atoms with Crippen molar-refractivity contribution in [2.45, 2.75) is 31.9 Å². The van der Waals surface area contributed by atoms with Crippen molar-refractivity contribution in [3.63, 3.8) is 0 Å². The highest BCUT2D eigenvalue weighted by atomic mass is 16.5. The molecule has 4 heterocycles. The number of hydrogen-bond acceptors (Lipinski definition) is 7. The second-order valence-electron chi connectivity index (χ2n) is 6.50. The van der Waals surface area contributed by atoms with Crippen LogP contribution in [-0.4, -0.2) is 52.0 Å². The molecule has 126 valence electrons. The van der Waals surface area contributed by atoms with E-state index in [1.165, 1.54) is 6.42 Å². The van der Waals surface area contributed by atoms with Crippen LogP contribution in [0.5, 0.6) is 0 Å². The van der Waals surface area contributed by atoms with Gasteiger partial charge in [-0.05, 0) is 38.0 Å². The van der Waals surface area contributed by atoms with Crippen molar-refractivity contribution in [1.82, 2.24) is 20.2 Å². The molecule has 0 radical (unpaired) electrons. The molecule has 2 fully saturated rings. The van der Waals surface area contributed by atoms with Crippen molar-refractivity contribution in [2.75, 3.05) is 29.9 Å². The molecule has 2 aliphatic heterocycles. The second-order valence-corrected chi connectivity index (χ2v) is 6.50. The number of anilines is 2. The van der Waals surface area contributed by atoms with Crippen LogP contribution in [0.15, 0.2) is 30.6 Å². The minimum atomic E-state index is 0.143. The van der Waals surface area contributed by atoms with E-state index in [2.05, 4.69) is 30.4 Å². The van der Waals surface area contributed by atoms with E-state index in [0.29, 0.717) is 5.92 Å². The molecule has 3 atom stereocenters. The largest absolute Gasteiger partial charge is 0.376 e. The van der Waals surface area contributed by atoms with Gasteiger partial charge < -0.3 is 15.0 Å². The van der Waals surface area contributed by atoms with E-state index in [4.69, 9.17) is 4.74 Å². The van der Waals surface area contributed by atoms with Gasteiger partial charge in [0.15, 0.2) is 0 Å². The lowest BCUT2D eigenvalue weighted by molar-refractivity contribution is -0.0425. The minimum Gasteiger partial charge on any atom is -0.376 e. The summed E-state index contributed by atoms with van der Waals surface area (Å²) >= 11 is 0. The van der Waals surface area contributed by atoms with E-state index >= 15 is 0 Å². The first-order chi connectivity index (χ1) is 11.8. The lowest BCUT2D eigenvalue weighted by atomic mass is 9.85. The Hall–Kier alpha value is -2.28. The Morgan fingerprint density at radius 3 is 2.83 bits per heavy atom. The molecule has 7 heteroatoms. The van der Waals surface area contributed by atoms with Gasteiger partial charge >= 0.3 is 0 Å². The second kappa shape index (κ2) is 6.68. The fourth-order valence-corrected chi connectivity index (χ4v) is 3.62. The number of nitrogens with zero attached hydrogens (tertiary/aromatic N) is 5. The molecule has 0 aromatic carbocycles. The predicted molar refractivity (Wildman–Crippen MR) is 90.9 cm³/mol. The highest BCUT2D eigenvalue weighted by Gasteiger charge is 2.40. The van der Waals surface area contributed by atoms with Gasteiger partial charge in [-0.15, -0.1) is 5.10 Å². The summed E-state index contributed by atoms with van der Waals surface area (Å²) in [5, 5.41) is 11.9. The Morgan fingerprint density at radius 2 is 2.04 bits per heavy atom. The van der Waals surface area contributed by atoms with Crippen LogP contribution < -0.4 is 10.2 Å². The zero-order chi connectivity index (χ0) is 16.4. The molecule has 0 bridgehead atoms. The fourth-order valence-electron chi connectivity index (χ4n) is 3.62. The van der Waals surface area contributed by atoms with E-state index in [1.807, 2.05) is 25.1 Å². The van der Waals surface area contributed by atoms with Gasteiger partial charge in [0, 0.05) is 38.0 Å². The smallest absolute Gasteiger partial charge is 0.225 e. The Kier molecular flexibility index (Phi) is 4.25. The Morgan fingerprint density at radius 1 is 1.17 bits per heavy atom. The maximum atomic E-state index is 6.10. The quantitative estimate of drug-likeness (QED) is 0.919. The van der Waals surface area contributed by atoms with Gasteiger partial charge in [0.1, 0.15) is 5.82 Å². The zero-order valence-corrected chi connectivity index (χ0v) is 13.8. The van der Waals surface area contributed by atoms with Gasteiger partial charge in [0.2, 0.25) is 5.95 Å². The van der Waals surface area contributed by atoms with Gasteiger partial charge in [-0.1, -0.05) is 0 Å². The normalized spacial score (nSPS) is 26.7. The molecule has 4 rings (SSSR count). The number of rotatable bonds is 3. The van der Waals surface area contributed by atoms with Crippen molar-refractivity contribution in [3.8, 4) is 0 Å². The van der Waals surface area contributed by atoms with Gasteiger partial charge in [0.25, 0.3) is 0 Å². The van der Waals surface area contributed by atoms with Crippen molar-refractivity contribution >= 4 is 11.8 Å².